The number of hydrogen-bond acceptors (Lipinski definition) is 5. The van der Waals surface area contributed by atoms with Crippen LogP contribution in [0.4, 0.5) is 0 Å². The van der Waals surface area contributed by atoms with Crippen LogP contribution in [-0.2, 0) is 19.7 Å². The molecule has 1 fully saturated rings. The van der Waals surface area contributed by atoms with Crippen molar-refractivity contribution in [2.24, 2.45) is 11.7 Å². The SMILES string of the molecule is NC(C1CCS(=O)(=O)C1)C1CS(=O)(=O)c2ccccc21. The lowest BCUT2D eigenvalue weighted by molar-refractivity contribution is 0.415. The van der Waals surface area contributed by atoms with E-state index in [-0.39, 0.29) is 29.1 Å². The Bertz CT molecular complexity index is 739. The smallest absolute Gasteiger partial charge is 0.179 e. The normalized spacial score (nSPS) is 31.9. The second-order valence-corrected chi connectivity index (χ2v) is 9.90. The Morgan fingerprint density at radius 2 is 1.80 bits per heavy atom. The molecule has 7 heteroatoms. The summed E-state index contributed by atoms with van der Waals surface area (Å²) in [6.45, 7) is 0. The fourth-order valence-electron chi connectivity index (χ4n) is 3.26. The van der Waals surface area contributed by atoms with E-state index in [4.69, 9.17) is 5.73 Å². The molecular weight excluding hydrogens is 298 g/mol. The topological polar surface area (TPSA) is 94.3 Å². The van der Waals surface area contributed by atoms with Crippen molar-refractivity contribution in [3.05, 3.63) is 29.8 Å². The second kappa shape index (κ2) is 4.54. The zero-order valence-electron chi connectivity index (χ0n) is 10.9. The Labute approximate surface area is 119 Å². The van der Waals surface area contributed by atoms with Gasteiger partial charge in [0.1, 0.15) is 0 Å². The van der Waals surface area contributed by atoms with Gasteiger partial charge in [0, 0.05) is 12.0 Å². The Balaban J connectivity index is 1.93. The second-order valence-electron chi connectivity index (χ2n) is 5.67. The molecule has 2 N–H and O–H groups in total. The molecule has 3 rings (SSSR count). The molecule has 3 atom stereocenters. The van der Waals surface area contributed by atoms with E-state index in [1.54, 1.807) is 24.3 Å². The number of nitrogens with two attached hydrogens (primary N) is 1. The standard InChI is InChI=1S/C13H17NO4S2/c14-13(9-5-6-19(15,16)7-9)11-8-20(17,18)12-4-2-1-3-10(11)12/h1-4,9,11,13H,5-8,14H2. The number of rotatable bonds is 2. The molecule has 5 nitrogen and oxygen atoms in total. The zero-order chi connectivity index (χ0) is 14.5. The maximum absolute atomic E-state index is 12.1. The molecule has 2 heterocycles. The molecule has 1 saturated heterocycles. The molecule has 0 saturated carbocycles. The van der Waals surface area contributed by atoms with Crippen LogP contribution in [0.2, 0.25) is 0 Å². The van der Waals surface area contributed by atoms with Crippen LogP contribution in [0.15, 0.2) is 29.2 Å². The number of sulfone groups is 2. The third-order valence-corrected chi connectivity index (χ3v) is 7.96. The van der Waals surface area contributed by atoms with E-state index in [1.807, 2.05) is 0 Å². The van der Waals surface area contributed by atoms with Gasteiger partial charge in [-0.2, -0.15) is 0 Å². The summed E-state index contributed by atoms with van der Waals surface area (Å²) in [5.41, 5.74) is 6.95. The molecular formula is C13H17NO4S2. The van der Waals surface area contributed by atoms with Gasteiger partial charge in [0.2, 0.25) is 0 Å². The molecule has 0 spiro atoms. The van der Waals surface area contributed by atoms with Crippen molar-refractivity contribution >= 4 is 19.7 Å². The van der Waals surface area contributed by atoms with Crippen molar-refractivity contribution in [3.8, 4) is 0 Å². The van der Waals surface area contributed by atoms with Crippen molar-refractivity contribution in [2.75, 3.05) is 17.3 Å². The van der Waals surface area contributed by atoms with Gasteiger partial charge < -0.3 is 5.73 Å². The highest BCUT2D eigenvalue weighted by atomic mass is 32.2. The lowest BCUT2D eigenvalue weighted by atomic mass is 9.85. The lowest BCUT2D eigenvalue weighted by Crippen LogP contribution is -2.37. The highest BCUT2D eigenvalue weighted by molar-refractivity contribution is 7.92. The van der Waals surface area contributed by atoms with Crippen molar-refractivity contribution < 1.29 is 16.8 Å². The summed E-state index contributed by atoms with van der Waals surface area (Å²) < 4.78 is 47.4. The molecule has 0 radical (unpaired) electrons. The van der Waals surface area contributed by atoms with Crippen LogP contribution in [0.3, 0.4) is 0 Å². The van der Waals surface area contributed by atoms with Crippen LogP contribution in [0.1, 0.15) is 17.9 Å². The van der Waals surface area contributed by atoms with E-state index >= 15 is 0 Å². The summed E-state index contributed by atoms with van der Waals surface area (Å²) in [6.07, 6.45) is 0.530. The zero-order valence-corrected chi connectivity index (χ0v) is 12.5. The minimum absolute atomic E-state index is 0.00986. The first-order valence-electron chi connectivity index (χ1n) is 6.58. The predicted octanol–water partition coefficient (Wildman–Crippen LogP) is 0.320. The third kappa shape index (κ3) is 2.27. The van der Waals surface area contributed by atoms with E-state index in [0.29, 0.717) is 11.3 Å². The highest BCUT2D eigenvalue weighted by Gasteiger charge is 2.42. The fraction of sp³-hybridized carbons (Fsp3) is 0.538. The maximum Gasteiger partial charge on any atom is 0.179 e. The molecule has 0 bridgehead atoms. The molecule has 0 aliphatic carbocycles. The van der Waals surface area contributed by atoms with Gasteiger partial charge in [0.25, 0.3) is 0 Å². The Morgan fingerprint density at radius 1 is 1.10 bits per heavy atom. The Hall–Kier alpha value is -0.920. The van der Waals surface area contributed by atoms with Crippen molar-refractivity contribution in [1.82, 2.24) is 0 Å². The number of fused-ring (bicyclic) bond motifs is 1. The summed E-state index contributed by atoms with van der Waals surface area (Å²) >= 11 is 0. The average molecular weight is 315 g/mol. The summed E-state index contributed by atoms with van der Waals surface area (Å²) in [5, 5.41) is 0. The van der Waals surface area contributed by atoms with Crippen LogP contribution >= 0.6 is 0 Å². The van der Waals surface area contributed by atoms with E-state index in [2.05, 4.69) is 0 Å². The Kier molecular flexibility index (Phi) is 3.19. The molecule has 0 aromatic heterocycles. The largest absolute Gasteiger partial charge is 0.327 e. The van der Waals surface area contributed by atoms with Gasteiger partial charge >= 0.3 is 0 Å². The van der Waals surface area contributed by atoms with Crippen molar-refractivity contribution in [2.45, 2.75) is 23.3 Å². The first kappa shape index (κ1) is 14.0. The molecule has 20 heavy (non-hydrogen) atoms. The van der Waals surface area contributed by atoms with Gasteiger partial charge in [-0.15, -0.1) is 0 Å². The maximum atomic E-state index is 12.1. The van der Waals surface area contributed by atoms with Crippen LogP contribution in [0.5, 0.6) is 0 Å². The third-order valence-electron chi connectivity index (χ3n) is 4.33. The first-order valence-corrected chi connectivity index (χ1v) is 10.1. The predicted molar refractivity (Wildman–Crippen MR) is 76.0 cm³/mol. The van der Waals surface area contributed by atoms with Gasteiger partial charge in [-0.05, 0) is 24.0 Å². The quantitative estimate of drug-likeness (QED) is 0.848. The first-order chi connectivity index (χ1) is 9.30. The van der Waals surface area contributed by atoms with Crippen LogP contribution < -0.4 is 5.73 Å². The van der Waals surface area contributed by atoms with Gasteiger partial charge in [-0.3, -0.25) is 0 Å². The summed E-state index contributed by atoms with van der Waals surface area (Å²) in [4.78, 5) is 0.348. The van der Waals surface area contributed by atoms with Crippen LogP contribution in [0, 0.1) is 5.92 Å². The summed E-state index contributed by atoms with van der Waals surface area (Å²) in [6, 6.07) is 6.46. The minimum atomic E-state index is -3.29. The van der Waals surface area contributed by atoms with Crippen molar-refractivity contribution in [3.63, 3.8) is 0 Å². The van der Waals surface area contributed by atoms with Gasteiger partial charge in [-0.1, -0.05) is 18.2 Å². The summed E-state index contributed by atoms with van der Waals surface area (Å²) in [5.74, 6) is -0.218. The van der Waals surface area contributed by atoms with E-state index in [1.165, 1.54) is 0 Å². The molecule has 0 amide bonds. The monoisotopic (exact) mass is 315 g/mol. The summed E-state index contributed by atoms with van der Waals surface area (Å²) in [7, 11) is -6.29. The van der Waals surface area contributed by atoms with Gasteiger partial charge in [0.05, 0.1) is 22.2 Å². The van der Waals surface area contributed by atoms with E-state index < -0.39 is 25.7 Å². The van der Waals surface area contributed by atoms with E-state index in [9.17, 15) is 16.8 Å². The van der Waals surface area contributed by atoms with E-state index in [0.717, 1.165) is 5.56 Å². The molecule has 3 unspecified atom stereocenters. The number of hydrogen-bond donors (Lipinski definition) is 1. The van der Waals surface area contributed by atoms with Crippen molar-refractivity contribution in [1.29, 1.82) is 0 Å². The minimum Gasteiger partial charge on any atom is -0.327 e. The Morgan fingerprint density at radius 3 is 2.45 bits per heavy atom. The molecule has 1 aromatic carbocycles. The average Bonchev–Trinajstić information content (AvgIpc) is 2.87. The van der Waals surface area contributed by atoms with Crippen LogP contribution in [-0.4, -0.2) is 40.1 Å². The molecule has 110 valence electrons. The fourth-order valence-corrected chi connectivity index (χ4v) is 7.05. The highest BCUT2D eigenvalue weighted by Crippen LogP contribution is 2.39. The molecule has 2 aliphatic heterocycles. The number of benzene rings is 1. The molecule has 2 aliphatic rings. The van der Waals surface area contributed by atoms with Crippen LogP contribution in [0.25, 0.3) is 0 Å². The van der Waals surface area contributed by atoms with Gasteiger partial charge in [0.15, 0.2) is 19.7 Å². The lowest BCUT2D eigenvalue weighted by Gasteiger charge is -2.24. The molecule has 1 aromatic rings. The van der Waals surface area contributed by atoms with Gasteiger partial charge in [-0.25, -0.2) is 16.8 Å².